The van der Waals surface area contributed by atoms with Crippen molar-refractivity contribution in [3.8, 4) is 11.5 Å². The summed E-state index contributed by atoms with van der Waals surface area (Å²) in [6, 6.07) is 11.7. The number of fused-ring (bicyclic) bond motifs is 1. The summed E-state index contributed by atoms with van der Waals surface area (Å²) in [5, 5.41) is 5.08. The third-order valence-corrected chi connectivity index (χ3v) is 5.75. The van der Waals surface area contributed by atoms with Crippen molar-refractivity contribution in [1.29, 1.82) is 0 Å². The number of nitrogens with zero attached hydrogens (tertiary/aromatic N) is 1. The Hall–Kier alpha value is -4.08. The number of hydrogen-bond acceptors (Lipinski definition) is 5. The summed E-state index contributed by atoms with van der Waals surface area (Å²) in [5.41, 5.74) is 6.81. The average Bonchev–Trinajstić information content (AvgIpc) is 2.82. The van der Waals surface area contributed by atoms with Gasteiger partial charge in [-0.1, -0.05) is 6.07 Å². The molecule has 0 saturated carbocycles. The Morgan fingerprint density at radius 1 is 1.06 bits per heavy atom. The first-order chi connectivity index (χ1) is 16.6. The standard InChI is InChI=1S/C25H23F3N4O3/c1-30-24(34)22-13-21(6-7-31-22)35-20-5-4-14-2-3-15(8-16(14)9-20)23(33)32-19-11-17(25(26,27)28)10-18(29)12-19/h4-7,9-13,15H,2-3,8,29H2,1H3,(H,30,34)(H,32,33). The molecule has 2 aromatic carbocycles. The molecule has 3 aromatic rings. The summed E-state index contributed by atoms with van der Waals surface area (Å²) >= 11 is 0. The van der Waals surface area contributed by atoms with E-state index in [1.807, 2.05) is 18.2 Å². The molecule has 1 aromatic heterocycles. The van der Waals surface area contributed by atoms with Gasteiger partial charge in [0.05, 0.1) is 5.56 Å². The highest BCUT2D eigenvalue weighted by Crippen LogP contribution is 2.34. The molecule has 0 saturated heterocycles. The van der Waals surface area contributed by atoms with Crippen LogP contribution >= 0.6 is 0 Å². The number of hydrogen-bond donors (Lipinski definition) is 3. The number of amides is 2. The molecule has 0 fully saturated rings. The van der Waals surface area contributed by atoms with E-state index in [0.29, 0.717) is 30.8 Å². The highest BCUT2D eigenvalue weighted by molar-refractivity contribution is 5.93. The Morgan fingerprint density at radius 2 is 1.83 bits per heavy atom. The van der Waals surface area contributed by atoms with Crippen LogP contribution in [0.5, 0.6) is 11.5 Å². The van der Waals surface area contributed by atoms with Gasteiger partial charge in [-0.05, 0) is 66.8 Å². The monoisotopic (exact) mass is 484 g/mol. The summed E-state index contributed by atoms with van der Waals surface area (Å²) in [7, 11) is 1.51. The first-order valence-electron chi connectivity index (χ1n) is 10.9. The number of carbonyl (C=O) groups excluding carboxylic acids is 2. The van der Waals surface area contributed by atoms with E-state index in [2.05, 4.69) is 15.6 Å². The van der Waals surface area contributed by atoms with Crippen LogP contribution in [0.25, 0.3) is 0 Å². The lowest BCUT2D eigenvalue weighted by molar-refractivity contribution is -0.137. The molecule has 35 heavy (non-hydrogen) atoms. The normalized spacial score (nSPS) is 15.1. The molecule has 0 aliphatic heterocycles. The van der Waals surface area contributed by atoms with Crippen LogP contribution in [0.3, 0.4) is 0 Å². The van der Waals surface area contributed by atoms with E-state index in [1.165, 1.54) is 25.4 Å². The number of aryl methyl sites for hydroxylation is 1. The van der Waals surface area contributed by atoms with E-state index in [0.717, 1.165) is 23.3 Å². The van der Waals surface area contributed by atoms with Crippen LogP contribution in [0.1, 0.15) is 33.6 Å². The number of alkyl halides is 3. The van der Waals surface area contributed by atoms with Crippen molar-refractivity contribution in [1.82, 2.24) is 10.3 Å². The first-order valence-corrected chi connectivity index (χ1v) is 10.9. The second kappa shape index (κ2) is 9.65. The predicted octanol–water partition coefficient (Wildman–Crippen LogP) is 4.58. The lowest BCUT2D eigenvalue weighted by Crippen LogP contribution is -2.28. The third-order valence-electron chi connectivity index (χ3n) is 5.75. The Bertz CT molecular complexity index is 1280. The maximum absolute atomic E-state index is 13.1. The van der Waals surface area contributed by atoms with Gasteiger partial charge in [-0.3, -0.25) is 14.6 Å². The number of nitrogens with one attached hydrogen (secondary N) is 2. The van der Waals surface area contributed by atoms with Crippen molar-refractivity contribution >= 4 is 23.2 Å². The van der Waals surface area contributed by atoms with Crippen molar-refractivity contribution in [3.63, 3.8) is 0 Å². The highest BCUT2D eigenvalue weighted by Gasteiger charge is 2.32. The summed E-state index contributed by atoms with van der Waals surface area (Å²) in [6.45, 7) is 0. The van der Waals surface area contributed by atoms with E-state index in [9.17, 15) is 22.8 Å². The lowest BCUT2D eigenvalue weighted by Gasteiger charge is -2.24. The number of anilines is 2. The van der Waals surface area contributed by atoms with Crippen molar-refractivity contribution in [2.75, 3.05) is 18.1 Å². The minimum atomic E-state index is -4.56. The molecule has 4 N–H and O–H groups in total. The summed E-state index contributed by atoms with van der Waals surface area (Å²) in [5.74, 6) is -0.160. The fourth-order valence-corrected chi connectivity index (χ4v) is 4.02. The molecule has 7 nitrogen and oxygen atoms in total. The predicted molar refractivity (Wildman–Crippen MR) is 124 cm³/mol. The summed E-state index contributed by atoms with van der Waals surface area (Å²) < 4.78 is 45.1. The largest absolute Gasteiger partial charge is 0.457 e. The molecular formula is C25H23F3N4O3. The van der Waals surface area contributed by atoms with Gasteiger partial charge in [0.2, 0.25) is 5.91 Å². The number of rotatable bonds is 5. The van der Waals surface area contributed by atoms with Crippen LogP contribution in [-0.4, -0.2) is 23.8 Å². The smallest absolute Gasteiger partial charge is 0.416 e. The van der Waals surface area contributed by atoms with Crippen LogP contribution in [-0.2, 0) is 23.8 Å². The maximum atomic E-state index is 13.1. The van der Waals surface area contributed by atoms with Gasteiger partial charge in [0, 0.05) is 36.6 Å². The van der Waals surface area contributed by atoms with Crippen molar-refractivity contribution < 1.29 is 27.5 Å². The number of carbonyl (C=O) groups is 2. The van der Waals surface area contributed by atoms with E-state index in [-0.39, 0.29) is 28.9 Å². The lowest BCUT2D eigenvalue weighted by atomic mass is 9.83. The van der Waals surface area contributed by atoms with Gasteiger partial charge >= 0.3 is 6.18 Å². The van der Waals surface area contributed by atoms with Crippen LogP contribution in [0.2, 0.25) is 0 Å². The zero-order chi connectivity index (χ0) is 25.2. The average molecular weight is 484 g/mol. The van der Waals surface area contributed by atoms with Gasteiger partial charge in [0.25, 0.3) is 5.91 Å². The van der Waals surface area contributed by atoms with Gasteiger partial charge in [0.1, 0.15) is 17.2 Å². The molecule has 10 heteroatoms. The number of pyridine rings is 1. The van der Waals surface area contributed by atoms with Crippen LogP contribution in [0.15, 0.2) is 54.7 Å². The fraction of sp³-hybridized carbons (Fsp3) is 0.240. The minimum absolute atomic E-state index is 0.00909. The zero-order valence-corrected chi connectivity index (χ0v) is 18.8. The number of nitrogens with two attached hydrogens (primary N) is 1. The van der Waals surface area contributed by atoms with Gasteiger partial charge in [-0.2, -0.15) is 13.2 Å². The number of ether oxygens (including phenoxy) is 1. The summed E-state index contributed by atoms with van der Waals surface area (Å²) in [6.07, 6.45) is -1.47. The van der Waals surface area contributed by atoms with Crippen molar-refractivity contribution in [2.24, 2.45) is 5.92 Å². The van der Waals surface area contributed by atoms with Crippen molar-refractivity contribution in [3.05, 3.63) is 77.1 Å². The topological polar surface area (TPSA) is 106 Å². The maximum Gasteiger partial charge on any atom is 0.416 e. The van der Waals surface area contributed by atoms with Crippen LogP contribution in [0.4, 0.5) is 24.5 Å². The molecule has 1 aliphatic rings. The van der Waals surface area contributed by atoms with E-state index in [1.54, 1.807) is 6.07 Å². The zero-order valence-electron chi connectivity index (χ0n) is 18.8. The molecule has 182 valence electrons. The molecular weight excluding hydrogens is 461 g/mol. The van der Waals surface area contributed by atoms with E-state index < -0.39 is 17.7 Å². The number of nitrogen functional groups attached to an aromatic ring is 1. The SMILES string of the molecule is CNC(=O)c1cc(Oc2ccc3c(c2)CC(C(=O)Nc2cc(N)cc(C(F)(F)F)c2)CC3)ccn1. The second-order valence-electron chi connectivity index (χ2n) is 8.26. The number of benzene rings is 2. The first kappa shape index (κ1) is 24.1. The highest BCUT2D eigenvalue weighted by atomic mass is 19.4. The van der Waals surface area contributed by atoms with E-state index in [4.69, 9.17) is 10.5 Å². The Balaban J connectivity index is 1.47. The molecule has 0 spiro atoms. The molecule has 0 bridgehead atoms. The van der Waals surface area contributed by atoms with E-state index >= 15 is 0 Å². The van der Waals surface area contributed by atoms with Gasteiger partial charge < -0.3 is 21.1 Å². The minimum Gasteiger partial charge on any atom is -0.457 e. The molecule has 2 amide bonds. The second-order valence-corrected chi connectivity index (χ2v) is 8.26. The molecule has 1 atom stereocenters. The fourth-order valence-electron chi connectivity index (χ4n) is 4.02. The Morgan fingerprint density at radius 3 is 2.57 bits per heavy atom. The van der Waals surface area contributed by atoms with Crippen molar-refractivity contribution in [2.45, 2.75) is 25.4 Å². The third kappa shape index (κ3) is 5.71. The Kier molecular flexibility index (Phi) is 6.63. The molecule has 1 aliphatic carbocycles. The van der Waals surface area contributed by atoms with Crippen LogP contribution < -0.4 is 21.1 Å². The number of halogens is 3. The molecule has 1 unspecified atom stereocenters. The summed E-state index contributed by atoms with van der Waals surface area (Å²) in [4.78, 5) is 28.6. The van der Waals surface area contributed by atoms with Gasteiger partial charge in [-0.25, -0.2) is 0 Å². The molecule has 0 radical (unpaired) electrons. The van der Waals surface area contributed by atoms with Gasteiger partial charge in [-0.15, -0.1) is 0 Å². The van der Waals surface area contributed by atoms with Gasteiger partial charge in [0.15, 0.2) is 0 Å². The van der Waals surface area contributed by atoms with Crippen LogP contribution in [0, 0.1) is 5.92 Å². The quantitative estimate of drug-likeness (QED) is 0.460. The molecule has 4 rings (SSSR count). The molecule has 1 heterocycles. The number of aromatic nitrogens is 1. The Labute approximate surface area is 199 Å².